The summed E-state index contributed by atoms with van der Waals surface area (Å²) in [5.41, 5.74) is 4.17. The molecule has 0 saturated carbocycles. The van der Waals surface area contributed by atoms with Gasteiger partial charge in [0.25, 0.3) is 0 Å². The summed E-state index contributed by atoms with van der Waals surface area (Å²) >= 11 is 13.1. The van der Waals surface area contributed by atoms with Crippen LogP contribution < -0.4 is 15.0 Å². The standard InChI is InChI=1S/C25H19Cl2FN6O2/c1-33-11-14(9-31-33)22-23-15(17(27)10-30-22)12-34(25(35)32-23)19-8-21-13(7-16(19)26)4-5-20(36-21)24-18(28)3-2-6-29-24/h2-3,6-11,20H,4-5,12H2,1H3,(H,32,35). The first-order chi connectivity index (χ1) is 17.4. The number of carbonyl (C=O) groups excluding carboxylic acids is 1. The van der Waals surface area contributed by atoms with Crippen molar-refractivity contribution in [3.05, 3.63) is 81.7 Å². The van der Waals surface area contributed by atoms with E-state index < -0.39 is 11.9 Å². The first-order valence-corrected chi connectivity index (χ1v) is 12.0. The van der Waals surface area contributed by atoms with Crippen LogP contribution in [0.25, 0.3) is 11.3 Å². The van der Waals surface area contributed by atoms with Crippen molar-refractivity contribution >= 4 is 40.6 Å². The Bertz CT molecular complexity index is 1520. The molecule has 2 aliphatic rings. The quantitative estimate of drug-likeness (QED) is 0.358. The lowest BCUT2D eigenvalue weighted by atomic mass is 9.99. The molecule has 1 atom stereocenters. The van der Waals surface area contributed by atoms with Crippen LogP contribution in [-0.4, -0.2) is 25.8 Å². The molecule has 182 valence electrons. The number of nitrogens with one attached hydrogen (secondary N) is 1. The third kappa shape index (κ3) is 3.84. The Morgan fingerprint density at radius 3 is 2.83 bits per heavy atom. The van der Waals surface area contributed by atoms with Gasteiger partial charge in [-0.2, -0.15) is 5.10 Å². The highest BCUT2D eigenvalue weighted by Gasteiger charge is 2.32. The zero-order valence-corrected chi connectivity index (χ0v) is 20.5. The van der Waals surface area contributed by atoms with E-state index in [1.54, 1.807) is 48.5 Å². The number of urea groups is 1. The average molecular weight is 525 g/mol. The van der Waals surface area contributed by atoms with Gasteiger partial charge in [0.1, 0.15) is 23.4 Å². The lowest BCUT2D eigenvalue weighted by molar-refractivity contribution is 0.167. The maximum absolute atomic E-state index is 14.3. The lowest BCUT2D eigenvalue weighted by Crippen LogP contribution is -2.39. The molecule has 1 N–H and O–H groups in total. The number of fused-ring (bicyclic) bond motifs is 2. The first-order valence-electron chi connectivity index (χ1n) is 11.2. The Hall–Kier alpha value is -3.69. The fourth-order valence-corrected chi connectivity index (χ4v) is 5.09. The monoisotopic (exact) mass is 524 g/mol. The molecule has 3 aromatic heterocycles. The minimum atomic E-state index is -0.536. The summed E-state index contributed by atoms with van der Waals surface area (Å²) < 4.78 is 22.1. The van der Waals surface area contributed by atoms with Crippen LogP contribution in [0.2, 0.25) is 10.0 Å². The van der Waals surface area contributed by atoms with Gasteiger partial charge in [0, 0.05) is 42.8 Å². The summed E-state index contributed by atoms with van der Waals surface area (Å²) in [5.74, 6) is 0.117. The largest absolute Gasteiger partial charge is 0.484 e. The lowest BCUT2D eigenvalue weighted by Gasteiger charge is -2.33. The van der Waals surface area contributed by atoms with Gasteiger partial charge in [0.15, 0.2) is 0 Å². The molecule has 5 heterocycles. The van der Waals surface area contributed by atoms with E-state index in [0.717, 1.165) is 11.1 Å². The number of benzene rings is 1. The minimum Gasteiger partial charge on any atom is -0.484 e. The molecule has 0 radical (unpaired) electrons. The Labute approximate surface area is 215 Å². The number of carbonyl (C=O) groups is 1. The van der Waals surface area contributed by atoms with Gasteiger partial charge in [-0.1, -0.05) is 23.2 Å². The fraction of sp³-hybridized carbons (Fsp3) is 0.200. The van der Waals surface area contributed by atoms with Crippen molar-refractivity contribution in [2.75, 3.05) is 10.2 Å². The van der Waals surface area contributed by atoms with E-state index in [-0.39, 0.29) is 18.3 Å². The topological polar surface area (TPSA) is 85.2 Å². The molecular weight excluding hydrogens is 506 g/mol. The van der Waals surface area contributed by atoms with E-state index in [0.29, 0.717) is 51.3 Å². The number of rotatable bonds is 3. The van der Waals surface area contributed by atoms with E-state index >= 15 is 0 Å². The predicted octanol–water partition coefficient (Wildman–Crippen LogP) is 5.94. The molecule has 36 heavy (non-hydrogen) atoms. The molecule has 6 rings (SSSR count). The van der Waals surface area contributed by atoms with Gasteiger partial charge >= 0.3 is 6.03 Å². The van der Waals surface area contributed by atoms with Crippen molar-refractivity contribution < 1.29 is 13.9 Å². The molecule has 2 amide bonds. The van der Waals surface area contributed by atoms with Gasteiger partial charge in [0.05, 0.1) is 39.9 Å². The number of amides is 2. The van der Waals surface area contributed by atoms with Gasteiger partial charge in [-0.05, 0) is 36.6 Å². The number of halogens is 3. The second kappa shape index (κ2) is 8.76. The maximum Gasteiger partial charge on any atom is 0.326 e. The van der Waals surface area contributed by atoms with Crippen LogP contribution in [-0.2, 0) is 20.0 Å². The van der Waals surface area contributed by atoms with E-state index in [4.69, 9.17) is 27.9 Å². The van der Waals surface area contributed by atoms with Crippen molar-refractivity contribution in [2.45, 2.75) is 25.5 Å². The second-order valence-corrected chi connectivity index (χ2v) is 9.47. The number of hydrogen-bond acceptors (Lipinski definition) is 5. The Morgan fingerprint density at radius 1 is 1.19 bits per heavy atom. The molecule has 0 saturated heterocycles. The van der Waals surface area contributed by atoms with Crippen molar-refractivity contribution in [1.82, 2.24) is 19.7 Å². The molecule has 2 aliphatic heterocycles. The molecule has 0 bridgehead atoms. The van der Waals surface area contributed by atoms with Crippen LogP contribution >= 0.6 is 23.2 Å². The molecule has 11 heteroatoms. The van der Waals surface area contributed by atoms with Gasteiger partial charge in [0.2, 0.25) is 0 Å². The Morgan fingerprint density at radius 2 is 2.06 bits per heavy atom. The summed E-state index contributed by atoms with van der Waals surface area (Å²) in [4.78, 5) is 23.4. The van der Waals surface area contributed by atoms with Crippen molar-refractivity contribution in [1.29, 1.82) is 0 Å². The molecule has 4 aromatic rings. The van der Waals surface area contributed by atoms with E-state index in [1.807, 2.05) is 6.20 Å². The Balaban J connectivity index is 1.36. The summed E-state index contributed by atoms with van der Waals surface area (Å²) in [7, 11) is 1.80. The third-order valence-corrected chi connectivity index (χ3v) is 6.99. The highest BCUT2D eigenvalue weighted by Crippen LogP contribution is 2.44. The zero-order valence-electron chi connectivity index (χ0n) is 19.0. The van der Waals surface area contributed by atoms with Gasteiger partial charge < -0.3 is 10.1 Å². The molecule has 8 nitrogen and oxygen atoms in total. The van der Waals surface area contributed by atoms with Crippen LogP contribution in [0.3, 0.4) is 0 Å². The van der Waals surface area contributed by atoms with Crippen LogP contribution in [0, 0.1) is 5.82 Å². The average Bonchev–Trinajstić information content (AvgIpc) is 3.30. The predicted molar refractivity (Wildman–Crippen MR) is 134 cm³/mol. The van der Waals surface area contributed by atoms with Gasteiger partial charge in [-0.3, -0.25) is 19.5 Å². The Kier molecular flexibility index (Phi) is 5.54. The summed E-state index contributed by atoms with van der Waals surface area (Å²) in [6.07, 6.45) is 7.25. The van der Waals surface area contributed by atoms with E-state index in [2.05, 4.69) is 20.4 Å². The number of aromatic nitrogens is 4. The smallest absolute Gasteiger partial charge is 0.326 e. The molecule has 1 aromatic carbocycles. The van der Waals surface area contributed by atoms with Crippen LogP contribution in [0.15, 0.2) is 49.1 Å². The SMILES string of the molecule is Cn1cc(-c2ncc(Cl)c3c2NC(=O)N(c2cc4c(cc2Cl)CCC(c2ncccc2F)O4)C3)cn1. The highest BCUT2D eigenvalue weighted by atomic mass is 35.5. The number of anilines is 2. The summed E-state index contributed by atoms with van der Waals surface area (Å²) in [5, 5.41) is 7.93. The van der Waals surface area contributed by atoms with Crippen LogP contribution in [0.5, 0.6) is 5.75 Å². The molecule has 1 unspecified atom stereocenters. The van der Waals surface area contributed by atoms with E-state index in [1.165, 1.54) is 11.0 Å². The summed E-state index contributed by atoms with van der Waals surface area (Å²) in [6, 6.07) is 6.02. The van der Waals surface area contributed by atoms with Crippen molar-refractivity contribution in [2.24, 2.45) is 7.05 Å². The number of hydrogen-bond donors (Lipinski definition) is 1. The maximum atomic E-state index is 14.3. The molecular formula is C25H19Cl2FN6O2. The van der Waals surface area contributed by atoms with Crippen molar-refractivity contribution in [3.8, 4) is 17.0 Å². The first kappa shape index (κ1) is 22.8. The van der Waals surface area contributed by atoms with Crippen LogP contribution in [0.4, 0.5) is 20.6 Å². The highest BCUT2D eigenvalue weighted by molar-refractivity contribution is 6.34. The third-order valence-electron chi connectivity index (χ3n) is 6.36. The molecule has 0 spiro atoms. The van der Waals surface area contributed by atoms with E-state index in [9.17, 15) is 9.18 Å². The number of ether oxygens (including phenoxy) is 1. The van der Waals surface area contributed by atoms with Gasteiger partial charge in [-0.25, -0.2) is 9.18 Å². The zero-order chi connectivity index (χ0) is 25.0. The molecule has 0 fully saturated rings. The fourth-order valence-electron chi connectivity index (χ4n) is 4.60. The molecule has 0 aliphatic carbocycles. The number of nitrogens with zero attached hydrogens (tertiary/aromatic N) is 5. The normalized spacial score (nSPS) is 16.7. The van der Waals surface area contributed by atoms with Gasteiger partial charge in [-0.15, -0.1) is 0 Å². The number of pyridine rings is 2. The van der Waals surface area contributed by atoms with Crippen molar-refractivity contribution in [3.63, 3.8) is 0 Å². The minimum absolute atomic E-state index is 0.173. The number of aryl methyl sites for hydroxylation is 2. The second-order valence-electron chi connectivity index (χ2n) is 8.65. The van der Waals surface area contributed by atoms with Crippen LogP contribution in [0.1, 0.15) is 29.3 Å². The summed E-state index contributed by atoms with van der Waals surface area (Å²) in [6.45, 7) is 0.173.